The van der Waals surface area contributed by atoms with Crippen molar-refractivity contribution in [2.24, 2.45) is 0 Å². The Morgan fingerprint density at radius 2 is 1.72 bits per heavy atom. The van der Waals surface area contributed by atoms with E-state index in [4.69, 9.17) is 9.47 Å². The highest BCUT2D eigenvalue weighted by Gasteiger charge is 2.25. The molecule has 1 amide bonds. The molecule has 0 saturated heterocycles. The summed E-state index contributed by atoms with van der Waals surface area (Å²) in [6.45, 7) is 6.11. The van der Waals surface area contributed by atoms with Crippen LogP contribution in [0.3, 0.4) is 0 Å². The molecule has 2 aromatic carbocycles. The van der Waals surface area contributed by atoms with Crippen molar-refractivity contribution in [1.29, 1.82) is 0 Å². The van der Waals surface area contributed by atoms with Gasteiger partial charge in [0.05, 0.1) is 17.7 Å². The minimum Gasteiger partial charge on any atom is -0.495 e. The van der Waals surface area contributed by atoms with Crippen LogP contribution in [0.4, 0.5) is 5.69 Å². The van der Waals surface area contributed by atoms with Gasteiger partial charge in [-0.05, 0) is 36.8 Å². The van der Waals surface area contributed by atoms with Crippen molar-refractivity contribution in [2.45, 2.75) is 38.2 Å². The molecule has 0 fully saturated rings. The number of carbonyl (C=O) groups is 1. The van der Waals surface area contributed by atoms with Gasteiger partial charge >= 0.3 is 0 Å². The van der Waals surface area contributed by atoms with Crippen molar-refractivity contribution < 1.29 is 22.7 Å². The van der Waals surface area contributed by atoms with Crippen molar-refractivity contribution in [3.05, 3.63) is 48.5 Å². The summed E-state index contributed by atoms with van der Waals surface area (Å²) >= 11 is 0. The number of benzene rings is 2. The SMILES string of the molecule is CC[C@H](Oc1ccccc1)C(=O)Nc1cc(S(=O)(=O)N(CC)CC)ccc1OC. The monoisotopic (exact) mass is 420 g/mol. The van der Waals surface area contributed by atoms with Gasteiger partial charge in [0.15, 0.2) is 6.10 Å². The molecule has 7 nitrogen and oxygen atoms in total. The maximum absolute atomic E-state index is 12.8. The normalized spacial score (nSPS) is 12.4. The molecule has 0 aliphatic heterocycles. The van der Waals surface area contributed by atoms with Gasteiger partial charge in [0.1, 0.15) is 11.5 Å². The number of methoxy groups -OCH3 is 1. The second kappa shape index (κ2) is 10.3. The van der Waals surface area contributed by atoms with Crippen LogP contribution < -0.4 is 14.8 Å². The molecule has 0 unspecified atom stereocenters. The fourth-order valence-electron chi connectivity index (χ4n) is 2.86. The summed E-state index contributed by atoms with van der Waals surface area (Å²) < 4.78 is 38.0. The lowest BCUT2D eigenvalue weighted by atomic mass is 10.2. The van der Waals surface area contributed by atoms with Crippen molar-refractivity contribution >= 4 is 21.6 Å². The predicted molar refractivity (Wildman–Crippen MR) is 113 cm³/mol. The van der Waals surface area contributed by atoms with E-state index in [1.165, 1.54) is 29.6 Å². The van der Waals surface area contributed by atoms with Gasteiger partial charge in [-0.1, -0.05) is 39.0 Å². The quantitative estimate of drug-likeness (QED) is 0.636. The van der Waals surface area contributed by atoms with E-state index in [1.54, 1.807) is 26.0 Å². The molecule has 1 N–H and O–H groups in total. The van der Waals surface area contributed by atoms with Gasteiger partial charge in [0, 0.05) is 13.1 Å². The molecule has 0 spiro atoms. The van der Waals surface area contributed by atoms with Crippen LogP contribution in [0.1, 0.15) is 27.2 Å². The van der Waals surface area contributed by atoms with Crippen LogP contribution in [0.25, 0.3) is 0 Å². The number of nitrogens with zero attached hydrogens (tertiary/aromatic N) is 1. The molecule has 2 rings (SSSR count). The highest BCUT2D eigenvalue weighted by molar-refractivity contribution is 7.89. The fraction of sp³-hybridized carbons (Fsp3) is 0.381. The van der Waals surface area contributed by atoms with Crippen molar-refractivity contribution in [3.63, 3.8) is 0 Å². The number of sulfonamides is 1. The Morgan fingerprint density at radius 1 is 1.07 bits per heavy atom. The number of hydrogen-bond donors (Lipinski definition) is 1. The summed E-state index contributed by atoms with van der Waals surface area (Å²) in [5, 5.41) is 2.75. The maximum Gasteiger partial charge on any atom is 0.265 e. The van der Waals surface area contributed by atoms with E-state index >= 15 is 0 Å². The van der Waals surface area contributed by atoms with Crippen LogP contribution in [0.2, 0.25) is 0 Å². The second-order valence-corrected chi connectivity index (χ2v) is 8.21. The molecule has 0 aliphatic rings. The van der Waals surface area contributed by atoms with E-state index in [9.17, 15) is 13.2 Å². The first-order chi connectivity index (χ1) is 13.9. The van der Waals surface area contributed by atoms with Gasteiger partial charge in [-0.3, -0.25) is 4.79 Å². The lowest BCUT2D eigenvalue weighted by Gasteiger charge is -2.21. The summed E-state index contributed by atoms with van der Waals surface area (Å²) in [6.07, 6.45) is -0.286. The Hall–Kier alpha value is -2.58. The summed E-state index contributed by atoms with van der Waals surface area (Å²) in [4.78, 5) is 12.9. The highest BCUT2D eigenvalue weighted by atomic mass is 32.2. The largest absolute Gasteiger partial charge is 0.495 e. The summed E-state index contributed by atoms with van der Waals surface area (Å²) in [7, 11) is -2.20. The lowest BCUT2D eigenvalue weighted by Crippen LogP contribution is -2.33. The first kappa shape index (κ1) is 22.7. The van der Waals surface area contributed by atoms with Gasteiger partial charge in [-0.2, -0.15) is 4.31 Å². The minimum atomic E-state index is -3.66. The molecule has 29 heavy (non-hydrogen) atoms. The zero-order chi connectivity index (χ0) is 21.4. The summed E-state index contributed by atoms with van der Waals surface area (Å²) in [5.41, 5.74) is 0.279. The number of hydrogen-bond acceptors (Lipinski definition) is 5. The van der Waals surface area contributed by atoms with Crippen LogP contribution in [-0.4, -0.2) is 44.9 Å². The standard InChI is InChI=1S/C21H28N2O5S/c1-5-19(28-16-11-9-8-10-12-16)21(24)22-18-15-17(13-14-20(18)27-4)29(25,26)23(6-2)7-3/h8-15,19H,5-7H2,1-4H3,(H,22,24)/t19-/m0/s1. The zero-order valence-corrected chi connectivity index (χ0v) is 18.0. The van der Waals surface area contributed by atoms with Crippen LogP contribution >= 0.6 is 0 Å². The average Bonchev–Trinajstić information content (AvgIpc) is 2.73. The lowest BCUT2D eigenvalue weighted by molar-refractivity contribution is -0.122. The van der Waals surface area contributed by atoms with Crippen LogP contribution in [0, 0.1) is 0 Å². The van der Waals surface area contributed by atoms with E-state index in [0.717, 1.165) is 0 Å². The number of rotatable bonds is 10. The number of carbonyl (C=O) groups excluding carboxylic acids is 1. The van der Waals surface area contributed by atoms with E-state index in [1.807, 2.05) is 25.1 Å². The zero-order valence-electron chi connectivity index (χ0n) is 17.2. The van der Waals surface area contributed by atoms with E-state index < -0.39 is 16.1 Å². The topological polar surface area (TPSA) is 84.9 Å². The van der Waals surface area contributed by atoms with Crippen molar-refractivity contribution in [2.75, 3.05) is 25.5 Å². The first-order valence-electron chi connectivity index (χ1n) is 9.58. The Balaban J connectivity index is 2.29. The third kappa shape index (κ3) is 5.48. The van der Waals surface area contributed by atoms with E-state index in [2.05, 4.69) is 5.32 Å². The summed E-state index contributed by atoms with van der Waals surface area (Å²) in [6, 6.07) is 13.5. The van der Waals surface area contributed by atoms with E-state index in [-0.39, 0.29) is 16.5 Å². The number of para-hydroxylation sites is 1. The maximum atomic E-state index is 12.8. The smallest absolute Gasteiger partial charge is 0.265 e. The molecular formula is C21H28N2O5S. The fourth-order valence-corrected chi connectivity index (χ4v) is 4.34. The molecule has 0 bridgehead atoms. The van der Waals surface area contributed by atoms with E-state index in [0.29, 0.717) is 31.0 Å². The molecule has 0 aliphatic carbocycles. The van der Waals surface area contributed by atoms with Crippen LogP contribution in [0.15, 0.2) is 53.4 Å². The number of amides is 1. The molecule has 2 aromatic rings. The molecule has 0 saturated carbocycles. The molecule has 1 atom stereocenters. The van der Waals surface area contributed by atoms with Crippen molar-refractivity contribution in [3.8, 4) is 11.5 Å². The van der Waals surface area contributed by atoms with Crippen LogP contribution in [-0.2, 0) is 14.8 Å². The van der Waals surface area contributed by atoms with Gasteiger partial charge < -0.3 is 14.8 Å². The molecular weight excluding hydrogens is 392 g/mol. The number of nitrogens with one attached hydrogen (secondary N) is 1. The molecule has 0 heterocycles. The average molecular weight is 421 g/mol. The van der Waals surface area contributed by atoms with Crippen LogP contribution in [0.5, 0.6) is 11.5 Å². The molecule has 8 heteroatoms. The first-order valence-corrected chi connectivity index (χ1v) is 11.0. The van der Waals surface area contributed by atoms with Gasteiger partial charge in [-0.15, -0.1) is 0 Å². The Kier molecular flexibility index (Phi) is 8.04. The van der Waals surface area contributed by atoms with Crippen molar-refractivity contribution in [1.82, 2.24) is 4.31 Å². The second-order valence-electron chi connectivity index (χ2n) is 6.27. The third-order valence-corrected chi connectivity index (χ3v) is 6.50. The van der Waals surface area contributed by atoms with Gasteiger partial charge in [0.2, 0.25) is 10.0 Å². The Labute approximate surface area is 172 Å². The Morgan fingerprint density at radius 3 is 2.28 bits per heavy atom. The summed E-state index contributed by atoms with van der Waals surface area (Å²) in [5.74, 6) is 0.567. The predicted octanol–water partition coefficient (Wildman–Crippen LogP) is 3.52. The third-order valence-electron chi connectivity index (χ3n) is 4.46. The molecule has 0 aromatic heterocycles. The molecule has 0 radical (unpaired) electrons. The minimum absolute atomic E-state index is 0.0920. The van der Waals surface area contributed by atoms with Gasteiger partial charge in [0.25, 0.3) is 5.91 Å². The highest BCUT2D eigenvalue weighted by Crippen LogP contribution is 2.29. The number of ether oxygens (including phenoxy) is 2. The molecule has 158 valence electrons. The number of anilines is 1. The van der Waals surface area contributed by atoms with Gasteiger partial charge in [-0.25, -0.2) is 8.42 Å². The Bertz CT molecular complexity index is 912.